The van der Waals surface area contributed by atoms with Gasteiger partial charge in [-0.1, -0.05) is 38.1 Å². The summed E-state index contributed by atoms with van der Waals surface area (Å²) < 4.78 is 23.1. The zero-order valence-electron chi connectivity index (χ0n) is 14.7. The van der Waals surface area contributed by atoms with Crippen molar-refractivity contribution in [3.05, 3.63) is 59.7 Å². The summed E-state index contributed by atoms with van der Waals surface area (Å²) in [6, 6.07) is 14.1. The maximum atomic E-state index is 12.7. The molecular weight excluding hydrogens is 354 g/mol. The Balaban J connectivity index is 2.21. The minimum absolute atomic E-state index is 0.115. The molecule has 2 rings (SSSR count). The molecule has 0 aliphatic heterocycles. The van der Waals surface area contributed by atoms with Crippen molar-refractivity contribution in [1.82, 2.24) is 5.32 Å². The largest absolute Gasteiger partial charge is 0.345 e. The molecule has 1 amide bonds. The van der Waals surface area contributed by atoms with Crippen LogP contribution in [-0.2, 0) is 9.84 Å². The van der Waals surface area contributed by atoms with E-state index in [2.05, 4.69) is 12.2 Å². The molecule has 0 fully saturated rings. The fourth-order valence-electron chi connectivity index (χ4n) is 2.54. The van der Waals surface area contributed by atoms with Gasteiger partial charge in [0.2, 0.25) is 0 Å². The van der Waals surface area contributed by atoms with Gasteiger partial charge in [-0.15, -0.1) is 11.8 Å². The van der Waals surface area contributed by atoms with E-state index in [1.165, 1.54) is 6.26 Å². The Morgan fingerprint density at radius 1 is 1.08 bits per heavy atom. The fraction of sp³-hybridized carbons (Fsp3) is 0.316. The van der Waals surface area contributed by atoms with Gasteiger partial charge in [0, 0.05) is 11.2 Å². The highest BCUT2D eigenvalue weighted by Gasteiger charge is 2.17. The zero-order valence-corrected chi connectivity index (χ0v) is 16.3. The van der Waals surface area contributed by atoms with Crippen molar-refractivity contribution in [3.8, 4) is 0 Å². The maximum absolute atomic E-state index is 12.7. The molecule has 0 bridgehead atoms. The van der Waals surface area contributed by atoms with Gasteiger partial charge in [-0.2, -0.15) is 0 Å². The number of carbonyl (C=O) groups is 1. The van der Waals surface area contributed by atoms with Crippen LogP contribution in [0.4, 0.5) is 0 Å². The SMILES string of the molecule is CCSc1ccccc1C(=O)N[C@H](CC)c1ccc(S(C)(=O)=O)cc1. The van der Waals surface area contributed by atoms with Crippen LogP contribution in [0.3, 0.4) is 0 Å². The molecule has 6 heteroatoms. The number of thioether (sulfide) groups is 1. The van der Waals surface area contributed by atoms with E-state index in [0.29, 0.717) is 12.0 Å². The number of nitrogens with one attached hydrogen (secondary N) is 1. The number of benzene rings is 2. The Kier molecular flexibility index (Phi) is 6.67. The van der Waals surface area contributed by atoms with E-state index in [1.807, 2.05) is 31.2 Å². The summed E-state index contributed by atoms with van der Waals surface area (Å²) in [5.74, 6) is 0.782. The number of sulfone groups is 1. The summed E-state index contributed by atoms with van der Waals surface area (Å²) in [6.45, 7) is 4.04. The first-order chi connectivity index (χ1) is 11.9. The molecule has 4 nitrogen and oxygen atoms in total. The lowest BCUT2D eigenvalue weighted by atomic mass is 10.0. The maximum Gasteiger partial charge on any atom is 0.252 e. The Morgan fingerprint density at radius 3 is 2.28 bits per heavy atom. The van der Waals surface area contributed by atoms with Crippen molar-refractivity contribution in [1.29, 1.82) is 0 Å². The van der Waals surface area contributed by atoms with Crippen LogP contribution in [-0.4, -0.2) is 26.3 Å². The molecule has 134 valence electrons. The topological polar surface area (TPSA) is 63.2 Å². The van der Waals surface area contributed by atoms with E-state index in [-0.39, 0.29) is 16.8 Å². The second kappa shape index (κ2) is 8.54. The Bertz CT molecular complexity index is 830. The Hall–Kier alpha value is -1.79. The molecule has 0 saturated heterocycles. The number of amides is 1. The minimum Gasteiger partial charge on any atom is -0.345 e. The summed E-state index contributed by atoms with van der Waals surface area (Å²) in [5.41, 5.74) is 1.56. The summed E-state index contributed by atoms with van der Waals surface area (Å²) in [5, 5.41) is 3.05. The number of hydrogen-bond donors (Lipinski definition) is 1. The van der Waals surface area contributed by atoms with Crippen LogP contribution in [0, 0.1) is 0 Å². The van der Waals surface area contributed by atoms with Gasteiger partial charge in [0.15, 0.2) is 9.84 Å². The number of rotatable bonds is 7. The van der Waals surface area contributed by atoms with Crippen molar-refractivity contribution in [2.75, 3.05) is 12.0 Å². The first-order valence-corrected chi connectivity index (χ1v) is 11.1. The summed E-state index contributed by atoms with van der Waals surface area (Å²) in [4.78, 5) is 13.9. The van der Waals surface area contributed by atoms with E-state index >= 15 is 0 Å². The first kappa shape index (κ1) is 19.5. The molecule has 0 spiro atoms. The summed E-state index contributed by atoms with van der Waals surface area (Å²) in [7, 11) is -3.22. The molecule has 0 unspecified atom stereocenters. The van der Waals surface area contributed by atoms with E-state index in [9.17, 15) is 13.2 Å². The number of hydrogen-bond acceptors (Lipinski definition) is 4. The lowest BCUT2D eigenvalue weighted by Crippen LogP contribution is -2.28. The van der Waals surface area contributed by atoms with Gasteiger partial charge in [-0.25, -0.2) is 8.42 Å². The van der Waals surface area contributed by atoms with Gasteiger partial charge in [-0.3, -0.25) is 4.79 Å². The van der Waals surface area contributed by atoms with E-state index < -0.39 is 9.84 Å². The first-order valence-electron chi connectivity index (χ1n) is 8.19. The third-order valence-electron chi connectivity index (χ3n) is 3.86. The highest BCUT2D eigenvalue weighted by molar-refractivity contribution is 7.99. The molecule has 25 heavy (non-hydrogen) atoms. The van der Waals surface area contributed by atoms with Crippen molar-refractivity contribution >= 4 is 27.5 Å². The van der Waals surface area contributed by atoms with Crippen LogP contribution in [0.25, 0.3) is 0 Å². The van der Waals surface area contributed by atoms with Crippen LogP contribution in [0.5, 0.6) is 0 Å². The third kappa shape index (κ3) is 5.09. The average Bonchev–Trinajstić information content (AvgIpc) is 2.59. The van der Waals surface area contributed by atoms with Crippen LogP contribution in [0.2, 0.25) is 0 Å². The monoisotopic (exact) mass is 377 g/mol. The van der Waals surface area contributed by atoms with E-state index in [0.717, 1.165) is 16.2 Å². The van der Waals surface area contributed by atoms with Crippen LogP contribution in [0.1, 0.15) is 42.2 Å². The molecule has 0 aromatic heterocycles. The molecular formula is C19H23NO3S2. The molecule has 0 aliphatic carbocycles. The smallest absolute Gasteiger partial charge is 0.252 e. The van der Waals surface area contributed by atoms with Crippen LogP contribution < -0.4 is 5.32 Å². The van der Waals surface area contributed by atoms with Gasteiger partial charge < -0.3 is 5.32 Å². The predicted octanol–water partition coefficient (Wildman–Crippen LogP) is 4.08. The summed E-state index contributed by atoms with van der Waals surface area (Å²) in [6.07, 6.45) is 1.90. The molecule has 1 atom stereocenters. The second-order valence-electron chi connectivity index (χ2n) is 5.70. The number of carbonyl (C=O) groups excluding carboxylic acids is 1. The summed E-state index contributed by atoms with van der Waals surface area (Å²) >= 11 is 1.64. The normalized spacial score (nSPS) is 12.6. The second-order valence-corrected chi connectivity index (χ2v) is 9.03. The standard InChI is InChI=1S/C19H23NO3S2/c1-4-17(14-10-12-15(13-11-14)25(3,22)23)20-19(21)16-8-6-7-9-18(16)24-5-2/h6-13,17H,4-5H2,1-3H3,(H,20,21)/t17-/m1/s1. The molecule has 2 aromatic carbocycles. The highest BCUT2D eigenvalue weighted by Crippen LogP contribution is 2.24. The van der Waals surface area contributed by atoms with Crippen molar-refractivity contribution < 1.29 is 13.2 Å². The van der Waals surface area contributed by atoms with Crippen molar-refractivity contribution in [3.63, 3.8) is 0 Å². The van der Waals surface area contributed by atoms with Crippen molar-refractivity contribution in [2.24, 2.45) is 0 Å². The molecule has 0 saturated carbocycles. The molecule has 0 aliphatic rings. The molecule has 0 radical (unpaired) electrons. The average molecular weight is 378 g/mol. The molecule has 0 heterocycles. The minimum atomic E-state index is -3.22. The fourth-order valence-corrected chi connectivity index (χ4v) is 3.97. The Morgan fingerprint density at radius 2 is 1.72 bits per heavy atom. The van der Waals surface area contributed by atoms with E-state index in [1.54, 1.807) is 36.0 Å². The highest BCUT2D eigenvalue weighted by atomic mass is 32.2. The van der Waals surface area contributed by atoms with Gasteiger partial charge in [-0.05, 0) is 42.0 Å². The van der Waals surface area contributed by atoms with Gasteiger partial charge >= 0.3 is 0 Å². The van der Waals surface area contributed by atoms with Crippen LogP contribution >= 0.6 is 11.8 Å². The van der Waals surface area contributed by atoms with Gasteiger partial charge in [0.1, 0.15) is 0 Å². The van der Waals surface area contributed by atoms with Crippen molar-refractivity contribution in [2.45, 2.75) is 36.1 Å². The molecule has 1 N–H and O–H groups in total. The van der Waals surface area contributed by atoms with Gasteiger partial charge in [0.05, 0.1) is 16.5 Å². The quantitative estimate of drug-likeness (QED) is 0.739. The Labute approximate surface area is 154 Å². The predicted molar refractivity (Wildman–Crippen MR) is 103 cm³/mol. The lowest BCUT2D eigenvalue weighted by Gasteiger charge is -2.19. The third-order valence-corrected chi connectivity index (χ3v) is 5.94. The zero-order chi connectivity index (χ0) is 18.4. The van der Waals surface area contributed by atoms with E-state index in [4.69, 9.17) is 0 Å². The van der Waals surface area contributed by atoms with Crippen LogP contribution in [0.15, 0.2) is 58.3 Å². The van der Waals surface area contributed by atoms with Gasteiger partial charge in [0.25, 0.3) is 5.91 Å². The molecule has 2 aromatic rings. The lowest BCUT2D eigenvalue weighted by molar-refractivity contribution is 0.0932.